The molecule has 3 aromatic carbocycles. The molecule has 6 heteroatoms. The lowest BCUT2D eigenvalue weighted by Gasteiger charge is -2.47. The summed E-state index contributed by atoms with van der Waals surface area (Å²) in [6.45, 7) is 0.807. The van der Waals surface area contributed by atoms with Crippen molar-refractivity contribution >= 4 is 23.4 Å². The van der Waals surface area contributed by atoms with Crippen molar-refractivity contribution in [2.24, 2.45) is 0 Å². The van der Waals surface area contributed by atoms with Crippen LogP contribution in [0.3, 0.4) is 0 Å². The smallest absolute Gasteiger partial charge is 0.256 e. The number of fused-ring (bicyclic) bond motifs is 2. The van der Waals surface area contributed by atoms with E-state index >= 15 is 0 Å². The van der Waals surface area contributed by atoms with Crippen LogP contribution in [0.2, 0.25) is 5.02 Å². The number of carbonyl (C=O) groups excluding carboxylic acids is 2. The summed E-state index contributed by atoms with van der Waals surface area (Å²) in [5, 5.41) is 0.582. The molecule has 2 aliphatic heterocycles. The van der Waals surface area contributed by atoms with Crippen molar-refractivity contribution in [3.05, 3.63) is 106 Å². The van der Waals surface area contributed by atoms with E-state index in [0.717, 1.165) is 11.1 Å². The maximum atomic E-state index is 13.5. The number of carbonyl (C=O) groups is 2. The van der Waals surface area contributed by atoms with Gasteiger partial charge >= 0.3 is 0 Å². The molecule has 0 spiro atoms. The Kier molecular flexibility index (Phi) is 4.36. The zero-order valence-corrected chi connectivity index (χ0v) is 16.8. The molecular formula is C24H18ClFN2O2. The predicted octanol–water partition coefficient (Wildman–Crippen LogP) is 4.49. The van der Waals surface area contributed by atoms with Crippen LogP contribution in [0.4, 0.5) is 4.39 Å². The largest absolute Gasteiger partial charge is 0.309 e. The first-order chi connectivity index (χ1) is 14.5. The van der Waals surface area contributed by atoms with Crippen molar-refractivity contribution in [2.75, 3.05) is 13.1 Å². The van der Waals surface area contributed by atoms with Crippen LogP contribution in [0.15, 0.2) is 72.8 Å². The van der Waals surface area contributed by atoms with Crippen LogP contribution in [0, 0.1) is 5.82 Å². The van der Waals surface area contributed by atoms with Gasteiger partial charge < -0.3 is 9.80 Å². The summed E-state index contributed by atoms with van der Waals surface area (Å²) in [6.07, 6.45) is 0.476. The SMILES string of the molecule is O=C(c1ccc(F)cc1)N1CCN2C(=O)c3ccccc3CC12c1ccc(Cl)cc1. The van der Waals surface area contributed by atoms with Gasteiger partial charge in [-0.3, -0.25) is 9.59 Å². The molecule has 1 fully saturated rings. The summed E-state index contributed by atoms with van der Waals surface area (Å²) in [7, 11) is 0. The van der Waals surface area contributed by atoms with Gasteiger partial charge in [-0.15, -0.1) is 0 Å². The highest BCUT2D eigenvalue weighted by Crippen LogP contribution is 2.45. The zero-order chi connectivity index (χ0) is 20.9. The molecule has 0 saturated carbocycles. The van der Waals surface area contributed by atoms with Crippen LogP contribution in [-0.2, 0) is 12.1 Å². The summed E-state index contributed by atoms with van der Waals surface area (Å²) >= 11 is 6.11. The molecule has 4 nitrogen and oxygen atoms in total. The summed E-state index contributed by atoms with van der Waals surface area (Å²) in [6, 6.07) is 20.3. The lowest BCUT2D eigenvalue weighted by molar-refractivity contribution is 0.00773. The Morgan fingerprint density at radius 2 is 1.63 bits per heavy atom. The Morgan fingerprint density at radius 1 is 0.933 bits per heavy atom. The first-order valence-electron chi connectivity index (χ1n) is 9.74. The molecule has 1 unspecified atom stereocenters. The van der Waals surface area contributed by atoms with Gasteiger partial charge in [0, 0.05) is 35.7 Å². The molecule has 2 heterocycles. The molecule has 3 aromatic rings. The molecule has 0 aromatic heterocycles. The Morgan fingerprint density at radius 3 is 2.37 bits per heavy atom. The van der Waals surface area contributed by atoms with Crippen molar-refractivity contribution < 1.29 is 14.0 Å². The Balaban J connectivity index is 1.68. The first-order valence-corrected chi connectivity index (χ1v) is 10.1. The van der Waals surface area contributed by atoms with E-state index in [1.165, 1.54) is 24.3 Å². The summed E-state index contributed by atoms with van der Waals surface area (Å²) in [5.74, 6) is -0.732. The third-order valence-electron chi connectivity index (χ3n) is 6.01. The summed E-state index contributed by atoms with van der Waals surface area (Å²) < 4.78 is 13.4. The van der Waals surface area contributed by atoms with Crippen LogP contribution in [0.1, 0.15) is 31.8 Å². The zero-order valence-electron chi connectivity index (χ0n) is 16.0. The van der Waals surface area contributed by atoms with Gasteiger partial charge in [0.25, 0.3) is 11.8 Å². The molecule has 0 N–H and O–H groups in total. The Labute approximate surface area is 178 Å². The molecule has 1 atom stereocenters. The third-order valence-corrected chi connectivity index (χ3v) is 6.26. The number of rotatable bonds is 2. The maximum Gasteiger partial charge on any atom is 0.256 e. The molecule has 2 aliphatic rings. The fraction of sp³-hybridized carbons (Fsp3) is 0.167. The van der Waals surface area contributed by atoms with Crippen molar-refractivity contribution in [1.29, 1.82) is 0 Å². The van der Waals surface area contributed by atoms with Gasteiger partial charge in [-0.25, -0.2) is 4.39 Å². The van der Waals surface area contributed by atoms with E-state index in [1.54, 1.807) is 21.9 Å². The minimum atomic E-state index is -0.957. The van der Waals surface area contributed by atoms with Gasteiger partial charge in [0.2, 0.25) is 0 Å². The van der Waals surface area contributed by atoms with Crippen molar-refractivity contribution in [1.82, 2.24) is 9.80 Å². The Hall–Kier alpha value is -3.18. The number of amides is 2. The normalized spacial score (nSPS) is 20.1. The van der Waals surface area contributed by atoms with Gasteiger partial charge in [0.15, 0.2) is 0 Å². The van der Waals surface area contributed by atoms with Crippen molar-refractivity contribution in [3.63, 3.8) is 0 Å². The van der Waals surface area contributed by atoms with Crippen LogP contribution in [0.25, 0.3) is 0 Å². The van der Waals surface area contributed by atoms with E-state index in [1.807, 2.05) is 36.4 Å². The topological polar surface area (TPSA) is 40.6 Å². The molecule has 2 amide bonds. The lowest BCUT2D eigenvalue weighted by atomic mass is 9.83. The number of benzene rings is 3. The van der Waals surface area contributed by atoms with Crippen molar-refractivity contribution in [3.8, 4) is 0 Å². The van der Waals surface area contributed by atoms with E-state index in [0.29, 0.717) is 35.7 Å². The Bertz CT molecular complexity index is 1150. The molecule has 0 radical (unpaired) electrons. The van der Waals surface area contributed by atoms with Gasteiger partial charge in [0.05, 0.1) is 0 Å². The van der Waals surface area contributed by atoms with Crippen LogP contribution < -0.4 is 0 Å². The second kappa shape index (κ2) is 6.96. The first kappa shape index (κ1) is 18.8. The molecular weight excluding hydrogens is 403 g/mol. The van der Waals surface area contributed by atoms with Crippen LogP contribution in [-0.4, -0.2) is 34.7 Å². The van der Waals surface area contributed by atoms with E-state index in [-0.39, 0.29) is 11.8 Å². The highest BCUT2D eigenvalue weighted by atomic mass is 35.5. The average molecular weight is 421 g/mol. The fourth-order valence-corrected chi connectivity index (χ4v) is 4.74. The fourth-order valence-electron chi connectivity index (χ4n) is 4.62. The summed E-state index contributed by atoms with van der Waals surface area (Å²) in [5.41, 5.74) is 1.81. The van der Waals surface area contributed by atoms with Crippen LogP contribution in [0.5, 0.6) is 0 Å². The summed E-state index contributed by atoms with van der Waals surface area (Å²) in [4.78, 5) is 30.4. The van der Waals surface area contributed by atoms with Gasteiger partial charge in [0.1, 0.15) is 11.5 Å². The van der Waals surface area contributed by atoms with Gasteiger partial charge in [-0.05, 0) is 53.6 Å². The maximum absolute atomic E-state index is 13.5. The molecule has 0 aliphatic carbocycles. The van der Waals surface area contributed by atoms with Gasteiger partial charge in [-0.2, -0.15) is 0 Å². The standard InChI is InChI=1S/C24H18ClFN2O2/c25-19-9-7-18(8-10-19)24-15-17-3-1-2-4-21(17)23(30)28(24)14-13-27(24)22(29)16-5-11-20(26)12-6-16/h1-12H,13-15H2. The number of hydrogen-bond acceptors (Lipinski definition) is 2. The minimum absolute atomic E-state index is 0.0961. The highest BCUT2D eigenvalue weighted by molar-refractivity contribution is 6.30. The highest BCUT2D eigenvalue weighted by Gasteiger charge is 2.55. The van der Waals surface area contributed by atoms with Crippen molar-refractivity contribution in [2.45, 2.75) is 12.1 Å². The molecule has 5 rings (SSSR count). The molecule has 30 heavy (non-hydrogen) atoms. The minimum Gasteiger partial charge on any atom is -0.309 e. The number of nitrogens with zero attached hydrogens (tertiary/aromatic N) is 2. The number of hydrogen-bond donors (Lipinski definition) is 0. The molecule has 150 valence electrons. The average Bonchev–Trinajstić information content (AvgIpc) is 3.15. The van der Waals surface area contributed by atoms with E-state index in [4.69, 9.17) is 11.6 Å². The number of halogens is 2. The monoisotopic (exact) mass is 420 g/mol. The van der Waals surface area contributed by atoms with E-state index < -0.39 is 11.5 Å². The third kappa shape index (κ3) is 2.73. The lowest BCUT2D eigenvalue weighted by Crippen LogP contribution is -2.58. The van der Waals surface area contributed by atoms with E-state index in [9.17, 15) is 14.0 Å². The second-order valence-electron chi connectivity index (χ2n) is 7.58. The molecule has 0 bridgehead atoms. The second-order valence-corrected chi connectivity index (χ2v) is 8.01. The quantitative estimate of drug-likeness (QED) is 0.613. The van der Waals surface area contributed by atoms with Crippen LogP contribution >= 0.6 is 11.6 Å². The predicted molar refractivity (Wildman–Crippen MR) is 112 cm³/mol. The van der Waals surface area contributed by atoms with E-state index in [2.05, 4.69) is 0 Å². The van der Waals surface area contributed by atoms with Gasteiger partial charge in [-0.1, -0.05) is 41.9 Å². The molecule has 1 saturated heterocycles.